The highest BCUT2D eigenvalue weighted by molar-refractivity contribution is 7.98. The van der Waals surface area contributed by atoms with Gasteiger partial charge >= 0.3 is 0 Å². The largest absolute Gasteiger partial charge is 0.300 e. The molecule has 0 aromatic heterocycles. The normalized spacial score (nSPS) is 12.1. The van der Waals surface area contributed by atoms with Crippen LogP contribution in [-0.4, -0.2) is 12.8 Å². The molecule has 1 N–H and O–H groups in total. The highest BCUT2D eigenvalue weighted by atomic mass is 32.2. The fraction of sp³-hybridized carbons (Fsp3) is 0.333. The molecule has 0 aliphatic carbocycles. The van der Waals surface area contributed by atoms with E-state index in [0.717, 1.165) is 5.56 Å². The zero-order chi connectivity index (χ0) is 11.3. The highest BCUT2D eigenvalue weighted by Crippen LogP contribution is 2.22. The molecule has 1 unspecified atom stereocenters. The minimum Gasteiger partial charge on any atom is -0.300 e. The number of halogens is 1. The Morgan fingerprint density at radius 1 is 1.60 bits per heavy atom. The van der Waals surface area contributed by atoms with Gasteiger partial charge in [0.15, 0.2) is 0 Å². The van der Waals surface area contributed by atoms with Crippen LogP contribution in [-0.2, 0) is 0 Å². The molecule has 0 heterocycles. The monoisotopic (exact) mass is 223 g/mol. The van der Waals surface area contributed by atoms with Crippen LogP contribution >= 0.6 is 11.8 Å². The van der Waals surface area contributed by atoms with Gasteiger partial charge in [-0.1, -0.05) is 12.0 Å². The first kappa shape index (κ1) is 12.1. The second-order valence-corrected chi connectivity index (χ2v) is 4.05. The number of hydrogen-bond acceptors (Lipinski definition) is 2. The SMILES string of the molecule is C#CCNC(C)c1ccc(SC)c(F)c1. The first-order valence-electron chi connectivity index (χ1n) is 4.69. The quantitative estimate of drug-likeness (QED) is 0.622. The maximum atomic E-state index is 13.4. The van der Waals surface area contributed by atoms with E-state index in [-0.39, 0.29) is 11.9 Å². The van der Waals surface area contributed by atoms with Gasteiger partial charge in [-0.2, -0.15) is 0 Å². The maximum absolute atomic E-state index is 13.4. The van der Waals surface area contributed by atoms with Crippen LogP contribution < -0.4 is 5.32 Å². The van der Waals surface area contributed by atoms with Crippen molar-refractivity contribution in [2.45, 2.75) is 17.9 Å². The van der Waals surface area contributed by atoms with Gasteiger partial charge in [0.1, 0.15) is 5.82 Å². The van der Waals surface area contributed by atoms with Crippen molar-refractivity contribution in [2.24, 2.45) is 0 Å². The van der Waals surface area contributed by atoms with Crippen LogP contribution in [0.2, 0.25) is 0 Å². The van der Waals surface area contributed by atoms with E-state index in [1.807, 2.05) is 19.2 Å². The molecule has 0 saturated carbocycles. The molecule has 0 bridgehead atoms. The van der Waals surface area contributed by atoms with Crippen molar-refractivity contribution in [2.75, 3.05) is 12.8 Å². The highest BCUT2D eigenvalue weighted by Gasteiger charge is 2.07. The van der Waals surface area contributed by atoms with E-state index >= 15 is 0 Å². The molecule has 0 aliphatic heterocycles. The summed E-state index contributed by atoms with van der Waals surface area (Å²) in [5.41, 5.74) is 0.917. The van der Waals surface area contributed by atoms with Gasteiger partial charge in [0.25, 0.3) is 0 Å². The Balaban J connectivity index is 2.79. The van der Waals surface area contributed by atoms with E-state index in [2.05, 4.69) is 11.2 Å². The topological polar surface area (TPSA) is 12.0 Å². The summed E-state index contributed by atoms with van der Waals surface area (Å²) in [5, 5.41) is 3.10. The third-order valence-corrected chi connectivity index (χ3v) is 2.96. The molecule has 0 amide bonds. The number of benzene rings is 1. The van der Waals surface area contributed by atoms with Crippen LogP contribution in [0.25, 0.3) is 0 Å². The Bertz CT molecular complexity index is 370. The van der Waals surface area contributed by atoms with Crippen LogP contribution in [0.5, 0.6) is 0 Å². The van der Waals surface area contributed by atoms with Crippen molar-refractivity contribution in [1.29, 1.82) is 0 Å². The second kappa shape index (κ2) is 5.79. The Morgan fingerprint density at radius 3 is 2.87 bits per heavy atom. The summed E-state index contributed by atoms with van der Waals surface area (Å²) in [5.74, 6) is 2.32. The molecule has 1 rings (SSSR count). The summed E-state index contributed by atoms with van der Waals surface area (Å²) >= 11 is 1.41. The lowest BCUT2D eigenvalue weighted by molar-refractivity contribution is 0.581. The van der Waals surface area contributed by atoms with E-state index in [4.69, 9.17) is 6.42 Å². The van der Waals surface area contributed by atoms with Gasteiger partial charge in [-0.15, -0.1) is 18.2 Å². The zero-order valence-electron chi connectivity index (χ0n) is 8.88. The first-order chi connectivity index (χ1) is 7.19. The number of thioether (sulfide) groups is 1. The van der Waals surface area contributed by atoms with Crippen molar-refractivity contribution in [3.63, 3.8) is 0 Å². The van der Waals surface area contributed by atoms with Crippen molar-refractivity contribution < 1.29 is 4.39 Å². The summed E-state index contributed by atoms with van der Waals surface area (Å²) in [4.78, 5) is 0.669. The summed E-state index contributed by atoms with van der Waals surface area (Å²) < 4.78 is 13.4. The minimum absolute atomic E-state index is 0.0754. The lowest BCUT2D eigenvalue weighted by Crippen LogP contribution is -2.18. The van der Waals surface area contributed by atoms with Gasteiger partial charge in [0, 0.05) is 10.9 Å². The molecule has 3 heteroatoms. The van der Waals surface area contributed by atoms with E-state index in [9.17, 15) is 4.39 Å². The van der Waals surface area contributed by atoms with Crippen LogP contribution in [0.3, 0.4) is 0 Å². The number of terminal acetylenes is 1. The first-order valence-corrected chi connectivity index (χ1v) is 5.91. The molecule has 0 fully saturated rings. The summed E-state index contributed by atoms with van der Waals surface area (Å²) in [6.45, 7) is 2.46. The molecule has 1 atom stereocenters. The average Bonchev–Trinajstić information content (AvgIpc) is 2.25. The molecule has 1 nitrogen and oxygen atoms in total. The molecular formula is C12H14FNS. The van der Waals surface area contributed by atoms with Crippen molar-refractivity contribution in [1.82, 2.24) is 5.32 Å². The van der Waals surface area contributed by atoms with Crippen LogP contribution in [0.4, 0.5) is 4.39 Å². The number of rotatable bonds is 4. The van der Waals surface area contributed by atoms with Gasteiger partial charge in [0.2, 0.25) is 0 Å². The molecule has 15 heavy (non-hydrogen) atoms. The predicted octanol–water partition coefficient (Wildman–Crippen LogP) is 2.83. The third-order valence-electron chi connectivity index (χ3n) is 2.19. The van der Waals surface area contributed by atoms with Crippen LogP contribution in [0.1, 0.15) is 18.5 Å². The van der Waals surface area contributed by atoms with Crippen LogP contribution in [0.15, 0.2) is 23.1 Å². The lowest BCUT2D eigenvalue weighted by Gasteiger charge is -2.13. The molecule has 1 aromatic carbocycles. The molecule has 0 radical (unpaired) electrons. The fourth-order valence-electron chi connectivity index (χ4n) is 1.28. The Kier molecular flexibility index (Phi) is 4.67. The third kappa shape index (κ3) is 3.26. The number of hydrogen-bond donors (Lipinski definition) is 1. The van der Waals surface area contributed by atoms with Gasteiger partial charge < -0.3 is 0 Å². The van der Waals surface area contributed by atoms with E-state index in [1.54, 1.807) is 12.1 Å². The van der Waals surface area contributed by atoms with E-state index < -0.39 is 0 Å². The predicted molar refractivity (Wildman–Crippen MR) is 63.4 cm³/mol. The van der Waals surface area contributed by atoms with Crippen molar-refractivity contribution in [3.05, 3.63) is 29.6 Å². The van der Waals surface area contributed by atoms with Gasteiger partial charge in [0.05, 0.1) is 6.54 Å². The van der Waals surface area contributed by atoms with Crippen LogP contribution in [0, 0.1) is 18.2 Å². The van der Waals surface area contributed by atoms with Crippen molar-refractivity contribution in [3.8, 4) is 12.3 Å². The average molecular weight is 223 g/mol. The second-order valence-electron chi connectivity index (χ2n) is 3.20. The summed E-state index contributed by atoms with van der Waals surface area (Å²) in [6.07, 6.45) is 7.00. The molecule has 0 saturated heterocycles. The lowest BCUT2D eigenvalue weighted by atomic mass is 10.1. The van der Waals surface area contributed by atoms with Gasteiger partial charge in [-0.25, -0.2) is 4.39 Å². The maximum Gasteiger partial charge on any atom is 0.137 e. The Labute approximate surface area is 94.5 Å². The van der Waals surface area contributed by atoms with Gasteiger partial charge in [-0.3, -0.25) is 5.32 Å². The minimum atomic E-state index is -0.172. The Hall–Kier alpha value is -0.980. The molecule has 0 aliphatic rings. The zero-order valence-corrected chi connectivity index (χ0v) is 9.70. The van der Waals surface area contributed by atoms with E-state index in [1.165, 1.54) is 11.8 Å². The molecule has 80 valence electrons. The summed E-state index contributed by atoms with van der Waals surface area (Å²) in [6, 6.07) is 5.35. The summed E-state index contributed by atoms with van der Waals surface area (Å²) in [7, 11) is 0. The van der Waals surface area contributed by atoms with Crippen molar-refractivity contribution >= 4 is 11.8 Å². The standard InChI is InChI=1S/C12H14FNS/c1-4-7-14-9(2)10-5-6-12(15-3)11(13)8-10/h1,5-6,8-9,14H,7H2,2-3H3. The Morgan fingerprint density at radius 2 is 2.33 bits per heavy atom. The van der Waals surface area contributed by atoms with Gasteiger partial charge in [-0.05, 0) is 30.9 Å². The molecule has 1 aromatic rings. The fourth-order valence-corrected chi connectivity index (χ4v) is 1.74. The molecular weight excluding hydrogens is 209 g/mol. The molecule has 0 spiro atoms. The number of nitrogens with one attached hydrogen (secondary N) is 1. The van der Waals surface area contributed by atoms with E-state index in [0.29, 0.717) is 11.4 Å². The smallest absolute Gasteiger partial charge is 0.137 e.